The predicted molar refractivity (Wildman–Crippen MR) is 103 cm³/mol. The van der Waals surface area contributed by atoms with Gasteiger partial charge in [-0.1, -0.05) is 18.2 Å². The van der Waals surface area contributed by atoms with E-state index in [-0.39, 0.29) is 12.6 Å². The number of aromatic nitrogens is 2. The number of ether oxygens (including phenoxy) is 2. The Hall–Kier alpha value is -2.86. The molecule has 0 spiro atoms. The summed E-state index contributed by atoms with van der Waals surface area (Å²) < 4.78 is 12.7. The first-order chi connectivity index (χ1) is 12.6. The first kappa shape index (κ1) is 17.9. The fourth-order valence-electron chi connectivity index (χ4n) is 2.60. The number of nitrogens with zero attached hydrogens (tertiary/aromatic N) is 2. The number of thiazole rings is 1. The van der Waals surface area contributed by atoms with Gasteiger partial charge in [-0.05, 0) is 43.7 Å². The lowest BCUT2D eigenvalue weighted by atomic mass is 10.2. The molecule has 134 valence electrons. The van der Waals surface area contributed by atoms with E-state index in [0.717, 1.165) is 27.8 Å². The first-order valence-corrected chi connectivity index (χ1v) is 9.14. The van der Waals surface area contributed by atoms with Crippen LogP contribution in [0.15, 0.2) is 54.1 Å². The van der Waals surface area contributed by atoms with Crippen molar-refractivity contribution >= 4 is 23.4 Å². The fraction of sp³-hybridized carbons (Fsp3) is 0.200. The van der Waals surface area contributed by atoms with E-state index in [0.29, 0.717) is 6.61 Å². The Morgan fingerprint density at radius 3 is 2.77 bits per heavy atom. The minimum Gasteiger partial charge on any atom is -0.490 e. The summed E-state index contributed by atoms with van der Waals surface area (Å²) in [6, 6.07) is 11.5. The van der Waals surface area contributed by atoms with Gasteiger partial charge in [0.05, 0.1) is 0 Å². The molecule has 0 bridgehead atoms. The molecule has 3 rings (SSSR count). The highest BCUT2D eigenvalue weighted by molar-refractivity contribution is 7.12. The van der Waals surface area contributed by atoms with Crippen molar-refractivity contribution < 1.29 is 14.3 Å². The normalized spacial score (nSPS) is 11.0. The molecule has 0 saturated carbocycles. The maximum Gasteiger partial charge on any atom is 0.330 e. The average molecular weight is 368 g/mol. The van der Waals surface area contributed by atoms with Crippen LogP contribution >= 0.6 is 11.3 Å². The van der Waals surface area contributed by atoms with Crippen LogP contribution in [0.2, 0.25) is 0 Å². The van der Waals surface area contributed by atoms with Crippen LogP contribution in [0, 0.1) is 13.8 Å². The second-order valence-electron chi connectivity index (χ2n) is 5.64. The third-order valence-electron chi connectivity index (χ3n) is 3.82. The van der Waals surface area contributed by atoms with Crippen LogP contribution in [0.25, 0.3) is 11.2 Å². The summed E-state index contributed by atoms with van der Waals surface area (Å²) in [7, 11) is 0. The third kappa shape index (κ3) is 4.40. The summed E-state index contributed by atoms with van der Waals surface area (Å²) in [4.78, 5) is 16.2. The molecule has 5 nitrogen and oxygen atoms in total. The van der Waals surface area contributed by atoms with Crippen molar-refractivity contribution in [2.75, 3.05) is 13.2 Å². The second-order valence-corrected chi connectivity index (χ2v) is 6.51. The van der Waals surface area contributed by atoms with Gasteiger partial charge in [-0.25, -0.2) is 9.78 Å². The number of hydrogen-bond donors (Lipinski definition) is 0. The Bertz CT molecular complexity index is 883. The number of benzene rings is 1. The van der Waals surface area contributed by atoms with Crippen molar-refractivity contribution in [3.8, 4) is 10.9 Å². The summed E-state index contributed by atoms with van der Waals surface area (Å²) in [5, 5.41) is 2.86. The highest BCUT2D eigenvalue weighted by Crippen LogP contribution is 2.23. The summed E-state index contributed by atoms with van der Waals surface area (Å²) in [6.45, 7) is 4.55. The number of aryl methyl sites for hydroxylation is 1. The molecule has 0 aliphatic heterocycles. The van der Waals surface area contributed by atoms with Gasteiger partial charge in [0.15, 0.2) is 5.13 Å². The summed E-state index contributed by atoms with van der Waals surface area (Å²) in [5.74, 6) is 0.370. The van der Waals surface area contributed by atoms with E-state index < -0.39 is 0 Å². The van der Waals surface area contributed by atoms with Crippen LogP contribution in [-0.4, -0.2) is 28.7 Å². The molecule has 3 aromatic rings. The zero-order valence-corrected chi connectivity index (χ0v) is 15.5. The minimum atomic E-state index is -0.388. The Labute approximate surface area is 156 Å². The molecule has 0 aliphatic rings. The van der Waals surface area contributed by atoms with E-state index in [2.05, 4.69) is 9.55 Å². The van der Waals surface area contributed by atoms with Crippen molar-refractivity contribution in [1.29, 1.82) is 0 Å². The predicted octanol–water partition coefficient (Wildman–Crippen LogP) is 4.19. The van der Waals surface area contributed by atoms with Crippen LogP contribution in [0.4, 0.5) is 0 Å². The highest BCUT2D eigenvalue weighted by Gasteiger charge is 2.10. The summed E-state index contributed by atoms with van der Waals surface area (Å²) >= 11 is 1.58. The molecule has 26 heavy (non-hydrogen) atoms. The molecule has 0 radical (unpaired) electrons. The lowest BCUT2D eigenvalue weighted by Crippen LogP contribution is -2.10. The smallest absolute Gasteiger partial charge is 0.330 e. The van der Waals surface area contributed by atoms with Crippen LogP contribution in [0.5, 0.6) is 5.75 Å². The topological polar surface area (TPSA) is 53.4 Å². The Balaban J connectivity index is 1.53. The van der Waals surface area contributed by atoms with Gasteiger partial charge in [0, 0.05) is 29.0 Å². The number of esters is 1. The molecule has 2 heterocycles. The first-order valence-electron chi connectivity index (χ1n) is 8.26. The number of hydrogen-bond acceptors (Lipinski definition) is 5. The van der Waals surface area contributed by atoms with Crippen molar-refractivity contribution in [3.05, 3.63) is 71.0 Å². The monoisotopic (exact) mass is 368 g/mol. The van der Waals surface area contributed by atoms with E-state index in [1.54, 1.807) is 23.6 Å². The van der Waals surface area contributed by atoms with E-state index >= 15 is 0 Å². The zero-order valence-electron chi connectivity index (χ0n) is 14.7. The van der Waals surface area contributed by atoms with Crippen LogP contribution < -0.4 is 4.74 Å². The molecule has 0 saturated heterocycles. The minimum absolute atomic E-state index is 0.205. The van der Waals surface area contributed by atoms with Gasteiger partial charge in [0.25, 0.3) is 0 Å². The van der Waals surface area contributed by atoms with Crippen molar-refractivity contribution in [3.63, 3.8) is 0 Å². The molecular weight excluding hydrogens is 348 g/mol. The van der Waals surface area contributed by atoms with Gasteiger partial charge in [-0.2, -0.15) is 0 Å². The Morgan fingerprint density at radius 1 is 1.23 bits per heavy atom. The molecule has 2 aromatic heterocycles. The van der Waals surface area contributed by atoms with Gasteiger partial charge >= 0.3 is 5.97 Å². The molecule has 0 amide bonds. The molecular formula is C20H20N2O3S. The Morgan fingerprint density at radius 2 is 2.04 bits per heavy atom. The molecule has 0 unspecified atom stereocenters. The van der Waals surface area contributed by atoms with Gasteiger partial charge < -0.3 is 9.47 Å². The molecule has 0 fully saturated rings. The van der Waals surface area contributed by atoms with Crippen molar-refractivity contribution in [2.24, 2.45) is 0 Å². The summed E-state index contributed by atoms with van der Waals surface area (Å²) in [6.07, 6.45) is 4.99. The average Bonchev–Trinajstić information content (AvgIpc) is 3.26. The number of para-hydroxylation sites is 1. The van der Waals surface area contributed by atoms with Gasteiger partial charge in [0.1, 0.15) is 19.0 Å². The molecule has 0 atom stereocenters. The van der Waals surface area contributed by atoms with E-state index in [1.807, 2.05) is 55.6 Å². The van der Waals surface area contributed by atoms with Crippen LogP contribution in [-0.2, 0) is 9.53 Å². The maximum absolute atomic E-state index is 11.9. The lowest BCUT2D eigenvalue weighted by molar-refractivity contribution is -0.138. The number of carbonyl (C=O) groups is 1. The van der Waals surface area contributed by atoms with E-state index in [1.165, 1.54) is 6.08 Å². The largest absolute Gasteiger partial charge is 0.490 e. The standard InChI is InChI=1S/C20H20N2O3S/c1-15-14-17(16(2)22(15)20-21-10-13-26-20)8-9-19(23)25-12-11-24-18-6-4-3-5-7-18/h3-10,13-14H,11-12H2,1-2H3/b9-8+. The quantitative estimate of drug-likeness (QED) is 0.357. The lowest BCUT2D eigenvalue weighted by Gasteiger charge is -2.05. The maximum atomic E-state index is 11.9. The SMILES string of the molecule is Cc1cc(/C=C/C(=O)OCCOc2ccccc2)c(C)n1-c1nccs1. The number of carbonyl (C=O) groups excluding carboxylic acids is 1. The zero-order chi connectivity index (χ0) is 18.4. The number of rotatable bonds is 7. The van der Waals surface area contributed by atoms with Gasteiger partial charge in [-0.15, -0.1) is 11.3 Å². The van der Waals surface area contributed by atoms with Gasteiger partial charge in [0.2, 0.25) is 0 Å². The highest BCUT2D eigenvalue weighted by atomic mass is 32.1. The Kier molecular flexibility index (Phi) is 5.86. The molecule has 0 N–H and O–H groups in total. The van der Waals surface area contributed by atoms with E-state index in [4.69, 9.17) is 9.47 Å². The van der Waals surface area contributed by atoms with Crippen molar-refractivity contribution in [2.45, 2.75) is 13.8 Å². The molecule has 6 heteroatoms. The fourth-order valence-corrected chi connectivity index (χ4v) is 3.35. The van der Waals surface area contributed by atoms with Crippen LogP contribution in [0.1, 0.15) is 17.0 Å². The van der Waals surface area contributed by atoms with Gasteiger partial charge in [-0.3, -0.25) is 4.57 Å². The molecule has 0 aliphatic carbocycles. The van der Waals surface area contributed by atoms with E-state index in [9.17, 15) is 4.79 Å². The van der Waals surface area contributed by atoms with Crippen molar-refractivity contribution in [1.82, 2.24) is 9.55 Å². The van der Waals surface area contributed by atoms with Crippen LogP contribution in [0.3, 0.4) is 0 Å². The molecule has 1 aromatic carbocycles. The summed E-state index contributed by atoms with van der Waals surface area (Å²) in [5.41, 5.74) is 3.07. The third-order valence-corrected chi connectivity index (χ3v) is 4.58. The second kappa shape index (κ2) is 8.49.